The van der Waals surface area contributed by atoms with E-state index in [1.165, 1.54) is 0 Å². The zero-order valence-electron chi connectivity index (χ0n) is 9.01. The Kier molecular flexibility index (Phi) is 2.45. The van der Waals surface area contributed by atoms with Crippen LogP contribution >= 0.6 is 11.3 Å². The van der Waals surface area contributed by atoms with Crippen molar-refractivity contribution in [3.05, 3.63) is 11.3 Å². The van der Waals surface area contributed by atoms with E-state index in [-0.39, 0.29) is 0 Å². The third-order valence-electron chi connectivity index (χ3n) is 2.60. The molecule has 0 radical (unpaired) electrons. The van der Waals surface area contributed by atoms with E-state index in [9.17, 15) is 0 Å². The van der Waals surface area contributed by atoms with Crippen LogP contribution in [0.15, 0.2) is 5.51 Å². The lowest BCUT2D eigenvalue weighted by atomic mass is 10.4. The minimum atomic E-state index is 0.759. The molecule has 0 N–H and O–H groups in total. The molecule has 1 fully saturated rings. The monoisotopic (exact) mass is 236 g/mol. The molecule has 0 saturated carbocycles. The minimum absolute atomic E-state index is 0.759. The molecule has 1 saturated heterocycles. The highest BCUT2D eigenvalue weighted by atomic mass is 32.1. The zero-order valence-corrected chi connectivity index (χ0v) is 9.83. The molecule has 0 spiro atoms. The zero-order chi connectivity index (χ0) is 11.0. The summed E-state index contributed by atoms with van der Waals surface area (Å²) in [5.41, 5.74) is 2.74. The van der Waals surface area contributed by atoms with Crippen molar-refractivity contribution in [2.75, 3.05) is 31.2 Å². The van der Waals surface area contributed by atoms with E-state index in [0.29, 0.717) is 0 Å². The molecule has 2 aromatic rings. The normalized spacial score (nSPS) is 16.9. The van der Waals surface area contributed by atoms with Crippen LogP contribution in [0, 0.1) is 6.92 Å². The number of fused-ring (bicyclic) bond motifs is 1. The molecular weight excluding hydrogens is 224 g/mol. The molecule has 3 heterocycles. The Morgan fingerprint density at radius 2 is 2.12 bits per heavy atom. The number of anilines is 1. The van der Waals surface area contributed by atoms with E-state index in [1.807, 2.05) is 12.4 Å². The van der Waals surface area contributed by atoms with Gasteiger partial charge in [0.2, 0.25) is 0 Å². The van der Waals surface area contributed by atoms with Crippen LogP contribution in [0.1, 0.15) is 5.82 Å². The van der Waals surface area contributed by atoms with Crippen molar-refractivity contribution in [1.29, 1.82) is 0 Å². The fraction of sp³-hybridized carbons (Fsp3) is 0.500. The molecule has 0 bridgehead atoms. The van der Waals surface area contributed by atoms with Crippen LogP contribution in [0.3, 0.4) is 0 Å². The maximum absolute atomic E-state index is 5.34. The van der Waals surface area contributed by atoms with Gasteiger partial charge in [-0.1, -0.05) is 0 Å². The molecule has 84 valence electrons. The van der Waals surface area contributed by atoms with Crippen LogP contribution < -0.4 is 4.90 Å². The lowest BCUT2D eigenvalue weighted by molar-refractivity contribution is 0.122. The molecule has 2 aromatic heterocycles. The first-order valence-corrected chi connectivity index (χ1v) is 6.13. The van der Waals surface area contributed by atoms with E-state index < -0.39 is 0 Å². The summed E-state index contributed by atoms with van der Waals surface area (Å²) in [4.78, 5) is 16.4. The average Bonchev–Trinajstić information content (AvgIpc) is 2.77. The Labute approximate surface area is 97.1 Å². The number of rotatable bonds is 1. The summed E-state index contributed by atoms with van der Waals surface area (Å²) < 4.78 is 5.34. The van der Waals surface area contributed by atoms with E-state index in [1.54, 1.807) is 11.3 Å². The van der Waals surface area contributed by atoms with Crippen LogP contribution in [-0.4, -0.2) is 41.3 Å². The smallest absolute Gasteiger partial charge is 0.160 e. The summed E-state index contributed by atoms with van der Waals surface area (Å²) in [6.45, 7) is 5.19. The van der Waals surface area contributed by atoms with Crippen LogP contribution in [0.4, 0.5) is 5.82 Å². The standard InChI is InChI=1S/C10H12N4OS/c1-7-12-9(14-2-4-15-5-3-14)8-10(13-7)16-6-11-8/h6H,2-5H2,1H3. The highest BCUT2D eigenvalue weighted by Gasteiger charge is 2.17. The number of thiazole rings is 1. The van der Waals surface area contributed by atoms with Gasteiger partial charge in [-0.3, -0.25) is 0 Å². The van der Waals surface area contributed by atoms with Crippen LogP contribution in [0.2, 0.25) is 0 Å². The molecule has 16 heavy (non-hydrogen) atoms. The second-order valence-electron chi connectivity index (χ2n) is 3.70. The van der Waals surface area contributed by atoms with Gasteiger partial charge in [0.15, 0.2) is 5.82 Å². The van der Waals surface area contributed by atoms with Gasteiger partial charge >= 0.3 is 0 Å². The van der Waals surface area contributed by atoms with E-state index in [4.69, 9.17) is 4.74 Å². The highest BCUT2D eigenvalue weighted by molar-refractivity contribution is 7.16. The maximum Gasteiger partial charge on any atom is 0.160 e. The molecule has 5 nitrogen and oxygen atoms in total. The quantitative estimate of drug-likeness (QED) is 0.745. The van der Waals surface area contributed by atoms with E-state index in [2.05, 4.69) is 19.9 Å². The minimum Gasteiger partial charge on any atom is -0.378 e. The molecule has 3 rings (SSSR count). The van der Waals surface area contributed by atoms with Crippen LogP contribution in [-0.2, 0) is 4.74 Å². The molecule has 0 unspecified atom stereocenters. The third-order valence-corrected chi connectivity index (χ3v) is 3.32. The first-order chi connectivity index (χ1) is 7.84. The van der Waals surface area contributed by atoms with Crippen molar-refractivity contribution in [3.63, 3.8) is 0 Å². The van der Waals surface area contributed by atoms with E-state index >= 15 is 0 Å². The fourth-order valence-corrected chi connectivity index (χ4v) is 2.54. The number of morpholine rings is 1. The van der Waals surface area contributed by atoms with Gasteiger partial charge < -0.3 is 9.64 Å². The second-order valence-corrected chi connectivity index (χ2v) is 4.53. The molecule has 0 amide bonds. The largest absolute Gasteiger partial charge is 0.378 e. The SMILES string of the molecule is Cc1nc(N2CCOCC2)c2ncsc2n1. The number of hydrogen-bond acceptors (Lipinski definition) is 6. The summed E-state index contributed by atoms with van der Waals surface area (Å²) in [5.74, 6) is 1.75. The summed E-state index contributed by atoms with van der Waals surface area (Å²) in [6.07, 6.45) is 0. The lowest BCUT2D eigenvalue weighted by Gasteiger charge is -2.27. The second kappa shape index (κ2) is 3.95. The van der Waals surface area contributed by atoms with Crippen molar-refractivity contribution in [1.82, 2.24) is 15.0 Å². The van der Waals surface area contributed by atoms with Gasteiger partial charge in [-0.2, -0.15) is 0 Å². The lowest BCUT2D eigenvalue weighted by Crippen LogP contribution is -2.37. The predicted molar refractivity (Wildman–Crippen MR) is 63.0 cm³/mol. The van der Waals surface area contributed by atoms with Gasteiger partial charge in [-0.25, -0.2) is 15.0 Å². The Balaban J connectivity index is 2.09. The molecule has 1 aliphatic rings. The van der Waals surface area contributed by atoms with Gasteiger partial charge in [-0.15, -0.1) is 11.3 Å². The van der Waals surface area contributed by atoms with Crippen molar-refractivity contribution in [2.24, 2.45) is 0 Å². The fourth-order valence-electron chi connectivity index (χ4n) is 1.85. The summed E-state index contributed by atoms with van der Waals surface area (Å²) >= 11 is 1.56. The summed E-state index contributed by atoms with van der Waals surface area (Å²) in [6, 6.07) is 0. The predicted octanol–water partition coefficient (Wildman–Crippen LogP) is 1.23. The van der Waals surface area contributed by atoms with Crippen molar-refractivity contribution < 1.29 is 4.74 Å². The maximum atomic E-state index is 5.34. The summed E-state index contributed by atoms with van der Waals surface area (Å²) in [7, 11) is 0. The third kappa shape index (κ3) is 1.64. The van der Waals surface area contributed by atoms with Crippen LogP contribution in [0.25, 0.3) is 10.3 Å². The van der Waals surface area contributed by atoms with Gasteiger partial charge in [0.25, 0.3) is 0 Å². The highest BCUT2D eigenvalue weighted by Crippen LogP contribution is 2.25. The van der Waals surface area contributed by atoms with Crippen molar-refractivity contribution >= 4 is 27.5 Å². The number of hydrogen-bond donors (Lipinski definition) is 0. The Bertz CT molecular complexity index is 506. The van der Waals surface area contributed by atoms with Gasteiger partial charge in [-0.05, 0) is 6.92 Å². The molecule has 1 aliphatic heterocycles. The summed E-state index contributed by atoms with van der Waals surface area (Å²) in [5, 5.41) is 0. The average molecular weight is 236 g/mol. The van der Waals surface area contributed by atoms with E-state index in [0.717, 1.165) is 48.3 Å². The van der Waals surface area contributed by atoms with Gasteiger partial charge in [0.05, 0.1) is 18.7 Å². The van der Waals surface area contributed by atoms with Crippen molar-refractivity contribution in [3.8, 4) is 0 Å². The molecule has 6 heteroatoms. The topological polar surface area (TPSA) is 51.1 Å². The van der Waals surface area contributed by atoms with Crippen molar-refractivity contribution in [2.45, 2.75) is 6.92 Å². The Hall–Kier alpha value is -1.27. The number of aryl methyl sites for hydroxylation is 1. The number of aromatic nitrogens is 3. The first-order valence-electron chi connectivity index (χ1n) is 5.25. The molecule has 0 atom stereocenters. The first kappa shape index (κ1) is 9.92. The molecular formula is C10H12N4OS. The molecule has 0 aliphatic carbocycles. The van der Waals surface area contributed by atoms with Crippen LogP contribution in [0.5, 0.6) is 0 Å². The number of ether oxygens (including phenoxy) is 1. The van der Waals surface area contributed by atoms with Gasteiger partial charge in [0, 0.05) is 13.1 Å². The van der Waals surface area contributed by atoms with Gasteiger partial charge in [0.1, 0.15) is 16.2 Å². The molecule has 0 aromatic carbocycles. The Morgan fingerprint density at radius 3 is 2.94 bits per heavy atom. The number of nitrogens with zero attached hydrogens (tertiary/aromatic N) is 4. The Morgan fingerprint density at radius 1 is 1.31 bits per heavy atom.